The maximum atomic E-state index is 11.6. The van der Waals surface area contributed by atoms with E-state index in [1.807, 2.05) is 0 Å². The molecule has 1 amide bonds. The van der Waals surface area contributed by atoms with Crippen LogP contribution in [0.3, 0.4) is 0 Å². The third-order valence-electron chi connectivity index (χ3n) is 2.35. The van der Waals surface area contributed by atoms with Crippen LogP contribution in [-0.2, 0) is 9.84 Å². The summed E-state index contributed by atoms with van der Waals surface area (Å²) in [6, 6.07) is 3.16. The van der Waals surface area contributed by atoms with Gasteiger partial charge in [0.1, 0.15) is 0 Å². The molecule has 0 bridgehead atoms. The Balaban J connectivity index is 3.64. The summed E-state index contributed by atoms with van der Waals surface area (Å²) < 4.78 is 23.2. The molecule has 1 rings (SSSR count). The number of benzene rings is 1. The van der Waals surface area contributed by atoms with Crippen molar-refractivity contribution in [1.29, 1.82) is 0 Å². The molecule has 0 aromatic heterocycles. The second-order valence-electron chi connectivity index (χ2n) is 3.62. The van der Waals surface area contributed by atoms with Gasteiger partial charge in [-0.1, -0.05) is 6.07 Å². The zero-order chi connectivity index (χ0) is 12.5. The van der Waals surface area contributed by atoms with Crippen LogP contribution < -0.4 is 0 Å². The minimum absolute atomic E-state index is 0.196. The van der Waals surface area contributed by atoms with E-state index in [0.29, 0.717) is 11.1 Å². The second kappa shape index (κ2) is 4.17. The third kappa shape index (κ3) is 2.19. The van der Waals surface area contributed by atoms with Crippen LogP contribution in [0.2, 0.25) is 0 Å². The van der Waals surface area contributed by atoms with Gasteiger partial charge in [-0.2, -0.15) is 0 Å². The van der Waals surface area contributed by atoms with Crippen molar-refractivity contribution in [3.8, 4) is 0 Å². The quantitative estimate of drug-likeness (QED) is 0.735. The van der Waals surface area contributed by atoms with Crippen molar-refractivity contribution in [2.75, 3.05) is 6.26 Å². The van der Waals surface area contributed by atoms with Gasteiger partial charge in [0, 0.05) is 11.8 Å². The van der Waals surface area contributed by atoms with Gasteiger partial charge in [0.05, 0.1) is 4.90 Å². The SMILES string of the molecule is C=NC(=O)c1ccc(C)c(S(C)(=O)=O)c1C. The summed E-state index contributed by atoms with van der Waals surface area (Å²) in [6.45, 7) is 6.44. The Kier molecular flexibility index (Phi) is 3.28. The summed E-state index contributed by atoms with van der Waals surface area (Å²) >= 11 is 0. The summed E-state index contributed by atoms with van der Waals surface area (Å²) in [5.74, 6) is -0.512. The van der Waals surface area contributed by atoms with Crippen molar-refractivity contribution >= 4 is 22.5 Å². The molecule has 0 aliphatic carbocycles. The van der Waals surface area contributed by atoms with E-state index in [0.717, 1.165) is 6.26 Å². The molecule has 16 heavy (non-hydrogen) atoms. The number of aliphatic imine (C=N–C) groups is 1. The average Bonchev–Trinajstić information content (AvgIpc) is 2.14. The largest absolute Gasteiger partial charge is 0.276 e. The molecule has 0 atom stereocenters. The molecule has 5 heteroatoms. The first-order chi connectivity index (χ1) is 7.29. The van der Waals surface area contributed by atoms with Gasteiger partial charge in [-0.25, -0.2) is 13.4 Å². The van der Waals surface area contributed by atoms with E-state index >= 15 is 0 Å². The molecule has 1 aromatic rings. The molecule has 0 unspecified atom stereocenters. The van der Waals surface area contributed by atoms with Gasteiger partial charge in [-0.05, 0) is 37.8 Å². The zero-order valence-corrected chi connectivity index (χ0v) is 10.3. The molecule has 0 heterocycles. The van der Waals surface area contributed by atoms with Crippen LogP contribution >= 0.6 is 0 Å². The standard InChI is InChI=1S/C11H13NO3S/c1-7-5-6-9(11(13)12-3)8(2)10(7)16(4,14)15/h5-6H,3H2,1-2,4H3. The van der Waals surface area contributed by atoms with Gasteiger partial charge in [0.15, 0.2) is 9.84 Å². The van der Waals surface area contributed by atoms with Crippen LogP contribution in [0.25, 0.3) is 0 Å². The van der Waals surface area contributed by atoms with Crippen LogP contribution in [0.1, 0.15) is 21.5 Å². The van der Waals surface area contributed by atoms with Crippen LogP contribution in [-0.4, -0.2) is 27.3 Å². The van der Waals surface area contributed by atoms with Crippen molar-refractivity contribution in [2.24, 2.45) is 4.99 Å². The number of amides is 1. The minimum Gasteiger partial charge on any atom is -0.267 e. The lowest BCUT2D eigenvalue weighted by atomic mass is 10.1. The maximum absolute atomic E-state index is 11.6. The smallest absolute Gasteiger partial charge is 0.267 e. The summed E-state index contributed by atoms with van der Waals surface area (Å²) in [4.78, 5) is 14.9. The summed E-state index contributed by atoms with van der Waals surface area (Å²) in [6.07, 6.45) is 1.12. The van der Waals surface area contributed by atoms with E-state index in [-0.39, 0.29) is 10.5 Å². The third-order valence-corrected chi connectivity index (χ3v) is 3.72. The number of carbonyl (C=O) groups is 1. The Morgan fingerprint density at radius 3 is 2.31 bits per heavy atom. The molecular weight excluding hydrogens is 226 g/mol. The lowest BCUT2D eigenvalue weighted by Gasteiger charge is -2.10. The van der Waals surface area contributed by atoms with E-state index < -0.39 is 15.7 Å². The number of hydrogen-bond donors (Lipinski definition) is 0. The molecule has 0 spiro atoms. The highest BCUT2D eigenvalue weighted by Gasteiger charge is 2.19. The molecule has 0 radical (unpaired) electrons. The molecule has 0 aliphatic heterocycles. The number of nitrogens with zero attached hydrogens (tertiary/aromatic N) is 1. The molecule has 86 valence electrons. The number of rotatable bonds is 2. The molecule has 1 aromatic carbocycles. The van der Waals surface area contributed by atoms with E-state index in [2.05, 4.69) is 11.7 Å². The van der Waals surface area contributed by atoms with Crippen molar-refractivity contribution < 1.29 is 13.2 Å². The van der Waals surface area contributed by atoms with Crippen LogP contribution in [0, 0.1) is 13.8 Å². The molecule has 0 N–H and O–H groups in total. The molecular formula is C11H13NO3S. The Labute approximate surface area is 94.9 Å². The van der Waals surface area contributed by atoms with Crippen molar-refractivity contribution in [3.05, 3.63) is 28.8 Å². The second-order valence-corrected chi connectivity index (χ2v) is 5.57. The zero-order valence-electron chi connectivity index (χ0n) is 9.44. The first-order valence-corrected chi connectivity index (χ1v) is 6.49. The summed E-state index contributed by atoms with van der Waals surface area (Å²) in [5, 5.41) is 0. The number of hydrogen-bond acceptors (Lipinski definition) is 3. The van der Waals surface area contributed by atoms with E-state index in [4.69, 9.17) is 0 Å². The fourth-order valence-electron chi connectivity index (χ4n) is 1.71. The highest BCUT2D eigenvalue weighted by molar-refractivity contribution is 7.90. The maximum Gasteiger partial charge on any atom is 0.276 e. The van der Waals surface area contributed by atoms with Crippen molar-refractivity contribution in [2.45, 2.75) is 18.7 Å². The van der Waals surface area contributed by atoms with E-state index in [9.17, 15) is 13.2 Å². The molecule has 0 aliphatic rings. The van der Waals surface area contributed by atoms with Gasteiger partial charge in [-0.3, -0.25) is 4.79 Å². The fourth-order valence-corrected chi connectivity index (χ4v) is 3.03. The van der Waals surface area contributed by atoms with Gasteiger partial charge >= 0.3 is 0 Å². The number of carbonyl (C=O) groups excluding carboxylic acids is 1. The molecule has 0 saturated heterocycles. The van der Waals surface area contributed by atoms with Gasteiger partial charge in [-0.15, -0.1) is 0 Å². The Bertz CT molecular complexity index is 559. The topological polar surface area (TPSA) is 63.6 Å². The van der Waals surface area contributed by atoms with Gasteiger partial charge in [0.25, 0.3) is 5.91 Å². The highest BCUT2D eigenvalue weighted by Crippen LogP contribution is 2.23. The minimum atomic E-state index is -3.34. The normalized spacial score (nSPS) is 11.2. The van der Waals surface area contributed by atoms with Crippen molar-refractivity contribution in [1.82, 2.24) is 0 Å². The Morgan fingerprint density at radius 1 is 1.31 bits per heavy atom. The van der Waals surface area contributed by atoms with E-state index in [1.165, 1.54) is 0 Å². The van der Waals surface area contributed by atoms with E-state index in [1.54, 1.807) is 26.0 Å². The number of sulfone groups is 1. The Morgan fingerprint density at radius 2 is 1.88 bits per heavy atom. The first kappa shape index (κ1) is 12.6. The lowest BCUT2D eigenvalue weighted by molar-refractivity contribution is 0.100. The molecule has 0 saturated carbocycles. The molecule has 4 nitrogen and oxygen atoms in total. The summed E-state index contributed by atoms with van der Waals surface area (Å²) in [5.41, 5.74) is 1.33. The van der Waals surface area contributed by atoms with Crippen LogP contribution in [0.5, 0.6) is 0 Å². The lowest BCUT2D eigenvalue weighted by Crippen LogP contribution is -2.08. The van der Waals surface area contributed by atoms with Crippen LogP contribution in [0.4, 0.5) is 0 Å². The highest BCUT2D eigenvalue weighted by atomic mass is 32.2. The van der Waals surface area contributed by atoms with Crippen LogP contribution in [0.15, 0.2) is 22.0 Å². The predicted octanol–water partition coefficient (Wildman–Crippen LogP) is 1.55. The monoisotopic (exact) mass is 239 g/mol. The number of aryl methyl sites for hydroxylation is 1. The predicted molar refractivity (Wildman–Crippen MR) is 62.9 cm³/mol. The van der Waals surface area contributed by atoms with Crippen molar-refractivity contribution in [3.63, 3.8) is 0 Å². The van der Waals surface area contributed by atoms with Gasteiger partial charge < -0.3 is 0 Å². The molecule has 0 fully saturated rings. The summed E-state index contributed by atoms with van der Waals surface area (Å²) in [7, 11) is -3.34. The van der Waals surface area contributed by atoms with Gasteiger partial charge in [0.2, 0.25) is 0 Å². The Hall–Kier alpha value is -1.49. The average molecular weight is 239 g/mol. The fraction of sp³-hybridized carbons (Fsp3) is 0.273. The first-order valence-electron chi connectivity index (χ1n) is 4.60.